The van der Waals surface area contributed by atoms with Crippen LogP contribution in [-0.2, 0) is 11.3 Å². The Labute approximate surface area is 183 Å². The van der Waals surface area contributed by atoms with E-state index in [4.69, 9.17) is 11.2 Å². The Bertz CT molecular complexity index is 1490. The minimum Gasteiger partial charge on any atom is -0.465 e. The number of methoxy groups -OCH3 is 1. The number of hydrogen-bond donors (Lipinski definition) is 0. The van der Waals surface area contributed by atoms with Crippen LogP contribution in [-0.4, -0.2) is 28.5 Å². The van der Waals surface area contributed by atoms with Crippen LogP contribution in [0.4, 0.5) is 5.69 Å². The van der Waals surface area contributed by atoms with Crippen LogP contribution >= 0.6 is 22.7 Å². The number of nitro benzene ring substituents is 1. The number of amides is 1. The molecule has 31 heavy (non-hydrogen) atoms. The second-order valence-electron chi connectivity index (χ2n) is 6.36. The number of terminal acetylenes is 1. The number of benzene rings is 2. The summed E-state index contributed by atoms with van der Waals surface area (Å²) in [5.74, 6) is 1.61. The number of nitrogens with zero attached hydrogens (tertiary/aromatic N) is 3. The van der Waals surface area contributed by atoms with Gasteiger partial charge in [-0.15, -0.1) is 17.8 Å². The first-order valence-electron chi connectivity index (χ1n) is 8.83. The van der Waals surface area contributed by atoms with Gasteiger partial charge in [-0.2, -0.15) is 4.99 Å². The summed E-state index contributed by atoms with van der Waals surface area (Å²) in [6, 6.07) is 11.1. The summed E-state index contributed by atoms with van der Waals surface area (Å²) in [6.45, 7) is 0.197. The SMILES string of the molecule is C#CCn1c(=NC(=O)c2cc3cc([N+](=O)[O-])ccc3s2)sc2cc(C(=O)OC)ccc21. The Kier molecular flexibility index (Phi) is 5.37. The summed E-state index contributed by atoms with van der Waals surface area (Å²) in [7, 11) is 1.30. The number of carbonyl (C=O) groups is 2. The van der Waals surface area contributed by atoms with Crippen molar-refractivity contribution in [3.05, 3.63) is 67.8 Å². The molecule has 10 heteroatoms. The third-order valence-electron chi connectivity index (χ3n) is 4.47. The van der Waals surface area contributed by atoms with Crippen molar-refractivity contribution < 1.29 is 19.2 Å². The number of carbonyl (C=O) groups excluding carboxylic acids is 2. The normalized spacial score (nSPS) is 11.5. The molecule has 1 amide bonds. The lowest BCUT2D eigenvalue weighted by molar-refractivity contribution is -0.384. The summed E-state index contributed by atoms with van der Waals surface area (Å²) < 4.78 is 7.95. The number of hydrogen-bond acceptors (Lipinski definition) is 7. The van der Waals surface area contributed by atoms with Gasteiger partial charge >= 0.3 is 5.97 Å². The summed E-state index contributed by atoms with van der Waals surface area (Å²) in [5.41, 5.74) is 1.08. The lowest BCUT2D eigenvalue weighted by Crippen LogP contribution is -2.16. The number of thiophene rings is 1. The molecule has 0 aliphatic rings. The summed E-state index contributed by atoms with van der Waals surface area (Å²) in [4.78, 5) is 40.1. The van der Waals surface area contributed by atoms with Crippen LogP contribution in [0.3, 0.4) is 0 Å². The number of ether oxygens (including phenoxy) is 1. The zero-order valence-electron chi connectivity index (χ0n) is 16.0. The maximum absolute atomic E-state index is 12.8. The highest BCUT2D eigenvalue weighted by Gasteiger charge is 2.15. The predicted octanol–water partition coefficient (Wildman–Crippen LogP) is 3.99. The minimum absolute atomic E-state index is 0.0426. The molecule has 4 aromatic rings. The molecule has 0 fully saturated rings. The monoisotopic (exact) mass is 451 g/mol. The molecule has 0 atom stereocenters. The summed E-state index contributed by atoms with van der Waals surface area (Å²) in [5, 5.41) is 11.6. The third kappa shape index (κ3) is 3.84. The van der Waals surface area contributed by atoms with Crippen molar-refractivity contribution >= 4 is 60.5 Å². The van der Waals surface area contributed by atoms with Gasteiger partial charge < -0.3 is 9.30 Å². The number of nitro groups is 1. The number of esters is 1. The van der Waals surface area contributed by atoms with E-state index in [1.165, 1.54) is 41.9 Å². The van der Waals surface area contributed by atoms with E-state index in [0.717, 1.165) is 14.9 Å². The molecule has 4 rings (SSSR count). The molecule has 2 heterocycles. The van der Waals surface area contributed by atoms with Gasteiger partial charge in [0, 0.05) is 22.2 Å². The van der Waals surface area contributed by atoms with Crippen LogP contribution in [0.25, 0.3) is 20.3 Å². The van der Waals surface area contributed by atoms with Gasteiger partial charge in [0.2, 0.25) is 0 Å². The standard InChI is InChI=1S/C21H13N3O5S2/c1-3-8-23-15-6-4-12(20(26)29-2)10-17(15)31-21(23)22-19(25)18-11-13-9-14(24(27)28)5-7-16(13)30-18/h1,4-7,9-11H,8H2,2H3. The first kappa shape index (κ1) is 20.5. The Hall–Kier alpha value is -3.81. The summed E-state index contributed by atoms with van der Waals surface area (Å²) >= 11 is 2.44. The van der Waals surface area contributed by atoms with Crippen molar-refractivity contribution in [1.82, 2.24) is 4.57 Å². The lowest BCUT2D eigenvalue weighted by atomic mass is 10.2. The molecule has 0 bridgehead atoms. The quantitative estimate of drug-likeness (QED) is 0.202. The topological polar surface area (TPSA) is 104 Å². The van der Waals surface area contributed by atoms with Gasteiger partial charge in [0.1, 0.15) is 0 Å². The van der Waals surface area contributed by atoms with Crippen molar-refractivity contribution in [1.29, 1.82) is 0 Å². The van der Waals surface area contributed by atoms with E-state index in [1.807, 2.05) is 0 Å². The molecule has 0 saturated heterocycles. The Morgan fingerprint density at radius 3 is 2.71 bits per heavy atom. The average Bonchev–Trinajstić information content (AvgIpc) is 3.34. The van der Waals surface area contributed by atoms with Gasteiger partial charge in [-0.3, -0.25) is 14.9 Å². The van der Waals surface area contributed by atoms with E-state index in [9.17, 15) is 19.7 Å². The number of aromatic nitrogens is 1. The maximum atomic E-state index is 12.8. The van der Waals surface area contributed by atoms with Crippen LogP contribution < -0.4 is 4.80 Å². The molecule has 2 aromatic heterocycles. The van der Waals surface area contributed by atoms with Gasteiger partial charge in [0.05, 0.1) is 39.2 Å². The predicted molar refractivity (Wildman–Crippen MR) is 118 cm³/mol. The molecular weight excluding hydrogens is 438 g/mol. The molecule has 154 valence electrons. The Balaban J connectivity index is 1.80. The third-order valence-corrected chi connectivity index (χ3v) is 6.62. The molecule has 0 radical (unpaired) electrons. The average molecular weight is 451 g/mol. The van der Waals surface area contributed by atoms with E-state index >= 15 is 0 Å². The van der Waals surface area contributed by atoms with Gasteiger partial charge in [-0.25, -0.2) is 4.79 Å². The number of non-ortho nitro benzene ring substituents is 1. The number of fused-ring (bicyclic) bond motifs is 2. The lowest BCUT2D eigenvalue weighted by Gasteiger charge is -2.01. The van der Waals surface area contributed by atoms with Gasteiger partial charge in [-0.05, 0) is 30.3 Å². The molecule has 0 aliphatic heterocycles. The molecule has 0 unspecified atom stereocenters. The first-order valence-corrected chi connectivity index (χ1v) is 10.5. The fourth-order valence-corrected chi connectivity index (χ4v) is 5.03. The van der Waals surface area contributed by atoms with Crippen LogP contribution in [0.5, 0.6) is 0 Å². The molecule has 8 nitrogen and oxygen atoms in total. The van der Waals surface area contributed by atoms with E-state index in [1.54, 1.807) is 34.9 Å². The van der Waals surface area contributed by atoms with E-state index in [-0.39, 0.29) is 12.2 Å². The zero-order valence-corrected chi connectivity index (χ0v) is 17.7. The second-order valence-corrected chi connectivity index (χ2v) is 8.45. The Morgan fingerprint density at radius 2 is 2.00 bits per heavy atom. The van der Waals surface area contributed by atoms with E-state index < -0.39 is 16.8 Å². The summed E-state index contributed by atoms with van der Waals surface area (Å²) in [6.07, 6.45) is 5.49. The van der Waals surface area contributed by atoms with Crippen molar-refractivity contribution in [3.63, 3.8) is 0 Å². The smallest absolute Gasteiger partial charge is 0.337 e. The van der Waals surface area contributed by atoms with Gasteiger partial charge in [0.15, 0.2) is 4.80 Å². The Morgan fingerprint density at radius 1 is 1.19 bits per heavy atom. The molecule has 0 spiro atoms. The maximum Gasteiger partial charge on any atom is 0.337 e. The number of rotatable bonds is 4. The zero-order chi connectivity index (χ0) is 22.1. The minimum atomic E-state index is -0.481. The van der Waals surface area contributed by atoms with Crippen molar-refractivity contribution in [2.75, 3.05) is 7.11 Å². The van der Waals surface area contributed by atoms with Crippen molar-refractivity contribution in [3.8, 4) is 12.3 Å². The van der Waals surface area contributed by atoms with Crippen LogP contribution in [0.1, 0.15) is 20.0 Å². The van der Waals surface area contributed by atoms with Crippen molar-refractivity contribution in [2.45, 2.75) is 6.54 Å². The highest BCUT2D eigenvalue weighted by atomic mass is 32.1. The molecule has 0 N–H and O–H groups in total. The van der Waals surface area contributed by atoms with E-state index in [2.05, 4.69) is 10.9 Å². The molecule has 0 saturated carbocycles. The van der Waals surface area contributed by atoms with Gasteiger partial charge in [-0.1, -0.05) is 17.3 Å². The van der Waals surface area contributed by atoms with Gasteiger partial charge in [0.25, 0.3) is 11.6 Å². The first-order chi connectivity index (χ1) is 14.9. The van der Waals surface area contributed by atoms with Crippen LogP contribution in [0, 0.1) is 22.5 Å². The fourth-order valence-electron chi connectivity index (χ4n) is 3.04. The highest BCUT2D eigenvalue weighted by molar-refractivity contribution is 7.21. The highest BCUT2D eigenvalue weighted by Crippen LogP contribution is 2.29. The fraction of sp³-hybridized carbons (Fsp3) is 0.0952. The molecular formula is C21H13N3O5S2. The number of thiazole rings is 1. The van der Waals surface area contributed by atoms with Crippen LogP contribution in [0.15, 0.2) is 47.5 Å². The van der Waals surface area contributed by atoms with Crippen LogP contribution in [0.2, 0.25) is 0 Å². The van der Waals surface area contributed by atoms with Crippen molar-refractivity contribution in [2.24, 2.45) is 4.99 Å². The second kappa shape index (κ2) is 8.14. The molecule has 2 aromatic carbocycles. The largest absolute Gasteiger partial charge is 0.465 e. The molecule has 0 aliphatic carbocycles. The van der Waals surface area contributed by atoms with E-state index in [0.29, 0.717) is 20.6 Å².